The van der Waals surface area contributed by atoms with E-state index in [4.69, 9.17) is 4.43 Å². The molecule has 44 heavy (non-hydrogen) atoms. The summed E-state index contributed by atoms with van der Waals surface area (Å²) in [4.78, 5) is 27.5. The standard InChI is InChI=1S/C23H24F6N2O2S2.C6H16OSi.CH4/c24-22(25,26)21(23(27,28)29,19(32)30(13-7-15-34)17-9-3-1-4-10-17)20(33)31(14-8-16-35)18-11-5-2-6-12-18;1-6(2)8(4,5)7-3;/h1-6,9-12,34-35H,7-8,13-16H2;6H,1-5H3;1H4. The van der Waals surface area contributed by atoms with Crippen LogP contribution in [-0.4, -0.2) is 64.2 Å². The molecular weight excluding hydrogens is 643 g/mol. The van der Waals surface area contributed by atoms with Crippen LogP contribution in [0.4, 0.5) is 37.7 Å². The number of alkyl halides is 6. The Hall–Kier alpha value is -2.16. The molecule has 0 atom stereocenters. The average molecular weight is 687 g/mol. The summed E-state index contributed by atoms with van der Waals surface area (Å²) >= 11 is 7.91. The molecule has 0 N–H and O–H groups in total. The van der Waals surface area contributed by atoms with Gasteiger partial charge in [0, 0.05) is 31.6 Å². The van der Waals surface area contributed by atoms with Crippen molar-refractivity contribution in [3.63, 3.8) is 0 Å². The summed E-state index contributed by atoms with van der Waals surface area (Å²) in [7, 11) is 0.557. The van der Waals surface area contributed by atoms with Crippen molar-refractivity contribution >= 4 is 56.8 Å². The number of para-hydroxylation sites is 2. The lowest BCUT2D eigenvalue weighted by atomic mass is 9.81. The lowest BCUT2D eigenvalue weighted by Gasteiger charge is -2.41. The van der Waals surface area contributed by atoms with E-state index in [1.807, 2.05) is 7.11 Å². The topological polar surface area (TPSA) is 49.9 Å². The van der Waals surface area contributed by atoms with Crippen molar-refractivity contribution in [1.29, 1.82) is 0 Å². The normalized spacial score (nSPS) is 12.1. The Morgan fingerprint density at radius 2 is 1.07 bits per heavy atom. The second kappa shape index (κ2) is 18.1. The zero-order chi connectivity index (χ0) is 33.1. The number of anilines is 2. The van der Waals surface area contributed by atoms with E-state index in [-0.39, 0.29) is 43.1 Å². The molecule has 0 aliphatic carbocycles. The molecule has 250 valence electrons. The monoisotopic (exact) mass is 686 g/mol. The van der Waals surface area contributed by atoms with Crippen LogP contribution in [0.25, 0.3) is 0 Å². The third kappa shape index (κ3) is 10.2. The second-order valence-corrected chi connectivity index (χ2v) is 16.1. The first-order valence-corrected chi connectivity index (χ1v) is 17.8. The summed E-state index contributed by atoms with van der Waals surface area (Å²) in [5.41, 5.74) is -5.01. The highest BCUT2D eigenvalue weighted by molar-refractivity contribution is 7.80. The van der Waals surface area contributed by atoms with Crippen LogP contribution in [0, 0.1) is 5.41 Å². The number of hydrogen-bond donors (Lipinski definition) is 2. The fourth-order valence-electron chi connectivity index (χ4n) is 3.75. The maximum absolute atomic E-state index is 14.5. The number of nitrogens with zero attached hydrogens (tertiary/aromatic N) is 2. The van der Waals surface area contributed by atoms with Crippen LogP contribution >= 0.6 is 25.3 Å². The van der Waals surface area contributed by atoms with E-state index >= 15 is 0 Å². The second-order valence-electron chi connectivity index (χ2n) is 10.4. The number of halogens is 6. The molecule has 2 amide bonds. The fraction of sp³-hybridized carbons (Fsp3) is 0.533. The predicted octanol–water partition coefficient (Wildman–Crippen LogP) is 8.69. The van der Waals surface area contributed by atoms with Crippen LogP contribution in [0.1, 0.15) is 34.1 Å². The van der Waals surface area contributed by atoms with Crippen molar-refractivity contribution < 1.29 is 40.4 Å². The zero-order valence-corrected chi connectivity index (χ0v) is 27.7. The Bertz CT molecular complexity index is 1060. The van der Waals surface area contributed by atoms with Gasteiger partial charge in [-0.2, -0.15) is 51.6 Å². The van der Waals surface area contributed by atoms with Gasteiger partial charge in [-0.15, -0.1) is 0 Å². The van der Waals surface area contributed by atoms with E-state index in [0.717, 1.165) is 5.54 Å². The van der Waals surface area contributed by atoms with Gasteiger partial charge in [0.15, 0.2) is 8.32 Å². The molecule has 0 heterocycles. The van der Waals surface area contributed by atoms with Crippen molar-refractivity contribution in [2.24, 2.45) is 5.41 Å². The number of carbonyl (C=O) groups is 2. The van der Waals surface area contributed by atoms with Crippen LogP contribution in [-0.2, 0) is 14.0 Å². The smallest absolute Gasteiger partial charge is 0.420 e. The van der Waals surface area contributed by atoms with Crippen LogP contribution in [0.5, 0.6) is 0 Å². The maximum Gasteiger partial charge on any atom is 0.421 e. The van der Waals surface area contributed by atoms with Gasteiger partial charge in [0.2, 0.25) is 0 Å². The molecule has 2 rings (SSSR count). The first-order chi connectivity index (χ1) is 19.9. The van der Waals surface area contributed by atoms with Crippen molar-refractivity contribution in [3.05, 3.63) is 60.7 Å². The Morgan fingerprint density at radius 1 is 0.750 bits per heavy atom. The molecule has 0 bridgehead atoms. The van der Waals surface area contributed by atoms with Crippen molar-refractivity contribution in [2.75, 3.05) is 41.5 Å². The molecule has 0 radical (unpaired) electrons. The average Bonchev–Trinajstić information content (AvgIpc) is 2.93. The molecule has 0 fully saturated rings. The predicted molar refractivity (Wildman–Crippen MR) is 175 cm³/mol. The number of carbonyl (C=O) groups excluding carboxylic acids is 2. The van der Waals surface area contributed by atoms with E-state index in [2.05, 4.69) is 52.2 Å². The third-order valence-electron chi connectivity index (χ3n) is 7.11. The molecule has 0 aliphatic heterocycles. The van der Waals surface area contributed by atoms with Gasteiger partial charge < -0.3 is 14.2 Å². The summed E-state index contributed by atoms with van der Waals surface area (Å²) < 4.78 is 92.5. The number of hydrogen-bond acceptors (Lipinski definition) is 5. The molecular formula is C30H44F6N2O3S2Si. The summed E-state index contributed by atoms with van der Waals surface area (Å²) in [6, 6.07) is 13.3. The van der Waals surface area contributed by atoms with Gasteiger partial charge in [0.05, 0.1) is 0 Å². The quantitative estimate of drug-likeness (QED) is 0.102. The molecule has 0 saturated carbocycles. The van der Waals surface area contributed by atoms with Crippen molar-refractivity contribution in [1.82, 2.24) is 0 Å². The molecule has 0 spiro atoms. The van der Waals surface area contributed by atoms with Gasteiger partial charge in [-0.3, -0.25) is 9.59 Å². The molecule has 0 saturated heterocycles. The Morgan fingerprint density at radius 3 is 1.27 bits per heavy atom. The number of thiol groups is 2. The van der Waals surface area contributed by atoms with Gasteiger partial charge in [-0.1, -0.05) is 57.7 Å². The number of benzene rings is 2. The Kier molecular flexibility index (Phi) is 17.2. The number of rotatable bonds is 12. The molecule has 2 aromatic rings. The Labute approximate surface area is 269 Å². The van der Waals surface area contributed by atoms with Gasteiger partial charge in [0.25, 0.3) is 11.8 Å². The largest absolute Gasteiger partial charge is 0.421 e. The summed E-state index contributed by atoms with van der Waals surface area (Å²) in [6.07, 6.45) is -12.6. The van der Waals surface area contributed by atoms with E-state index in [0.29, 0.717) is 9.80 Å². The molecule has 0 unspecified atom stereocenters. The SMILES string of the molecule is C.CO[Si](C)(C)C(C)C.O=C(N(CCCS)c1ccccc1)C(C(=O)N(CCCS)c1ccccc1)(C(F)(F)F)C(F)(F)F. The van der Waals surface area contributed by atoms with Gasteiger partial charge in [0.1, 0.15) is 0 Å². The summed E-state index contributed by atoms with van der Waals surface area (Å²) in [5, 5.41) is 0. The minimum Gasteiger partial charge on any atom is -0.420 e. The first-order valence-electron chi connectivity index (χ1n) is 13.6. The van der Waals surface area contributed by atoms with E-state index < -0.39 is 51.0 Å². The van der Waals surface area contributed by atoms with Gasteiger partial charge in [-0.05, 0) is 67.2 Å². The zero-order valence-electron chi connectivity index (χ0n) is 24.9. The molecule has 14 heteroatoms. The van der Waals surface area contributed by atoms with Gasteiger partial charge in [-0.25, -0.2) is 0 Å². The lowest BCUT2D eigenvalue weighted by Crippen LogP contribution is -2.68. The van der Waals surface area contributed by atoms with Crippen LogP contribution < -0.4 is 9.80 Å². The minimum atomic E-state index is -6.29. The summed E-state index contributed by atoms with van der Waals surface area (Å²) in [6.45, 7) is 7.89. The highest BCUT2D eigenvalue weighted by Gasteiger charge is 2.81. The fourth-order valence-corrected chi connectivity index (χ4v) is 4.50. The highest BCUT2D eigenvalue weighted by atomic mass is 32.1. The van der Waals surface area contributed by atoms with E-state index in [1.165, 1.54) is 60.7 Å². The molecule has 0 aromatic heterocycles. The maximum atomic E-state index is 14.5. The minimum absolute atomic E-state index is 0. The van der Waals surface area contributed by atoms with Crippen LogP contribution in [0.15, 0.2) is 60.7 Å². The van der Waals surface area contributed by atoms with Crippen LogP contribution in [0.3, 0.4) is 0 Å². The van der Waals surface area contributed by atoms with Crippen molar-refractivity contribution in [2.45, 2.75) is 65.1 Å². The van der Waals surface area contributed by atoms with E-state index in [1.54, 1.807) is 0 Å². The Balaban J connectivity index is 0.00000180. The van der Waals surface area contributed by atoms with Crippen LogP contribution in [0.2, 0.25) is 18.6 Å². The third-order valence-corrected chi connectivity index (χ3v) is 11.6. The van der Waals surface area contributed by atoms with Gasteiger partial charge >= 0.3 is 17.8 Å². The highest BCUT2D eigenvalue weighted by Crippen LogP contribution is 2.53. The molecule has 0 aliphatic rings. The van der Waals surface area contributed by atoms with Crippen molar-refractivity contribution in [3.8, 4) is 0 Å². The number of amides is 2. The molecule has 5 nitrogen and oxygen atoms in total. The lowest BCUT2D eigenvalue weighted by molar-refractivity contribution is -0.310. The summed E-state index contributed by atoms with van der Waals surface area (Å²) in [5.74, 6) is -4.65. The van der Waals surface area contributed by atoms with E-state index in [9.17, 15) is 35.9 Å². The first kappa shape index (κ1) is 41.8. The molecule has 2 aromatic carbocycles.